The number of para-hydroxylation sites is 2. The second kappa shape index (κ2) is 7.39. The second-order valence-electron chi connectivity index (χ2n) is 5.21. The molecule has 2 unspecified atom stereocenters. The molecule has 3 heteroatoms. The van der Waals surface area contributed by atoms with Gasteiger partial charge in [0.1, 0.15) is 6.10 Å². The van der Waals surface area contributed by atoms with Gasteiger partial charge in [0.2, 0.25) is 0 Å². The number of benzene rings is 1. The maximum Gasteiger partial charge on any atom is 0.161 e. The van der Waals surface area contributed by atoms with Gasteiger partial charge in [-0.25, -0.2) is 0 Å². The highest BCUT2D eigenvalue weighted by Gasteiger charge is 2.23. The second-order valence-corrected chi connectivity index (χ2v) is 5.21. The molecule has 0 spiro atoms. The van der Waals surface area contributed by atoms with E-state index in [9.17, 15) is 0 Å². The average molecular weight is 263 g/mol. The van der Waals surface area contributed by atoms with E-state index in [0.717, 1.165) is 30.9 Å². The summed E-state index contributed by atoms with van der Waals surface area (Å²) >= 11 is 0. The van der Waals surface area contributed by atoms with Gasteiger partial charge in [-0.05, 0) is 50.8 Å². The van der Waals surface area contributed by atoms with Crippen molar-refractivity contribution >= 4 is 0 Å². The van der Waals surface area contributed by atoms with Crippen molar-refractivity contribution in [3.8, 4) is 11.5 Å². The van der Waals surface area contributed by atoms with Crippen LogP contribution in [-0.4, -0.2) is 25.8 Å². The smallest absolute Gasteiger partial charge is 0.161 e. The Balaban J connectivity index is 1.91. The summed E-state index contributed by atoms with van der Waals surface area (Å²) in [6.07, 6.45) is 6.24. The van der Waals surface area contributed by atoms with E-state index >= 15 is 0 Å². The largest absolute Gasteiger partial charge is 0.493 e. The minimum atomic E-state index is 0.305. The van der Waals surface area contributed by atoms with Crippen molar-refractivity contribution in [1.82, 2.24) is 5.32 Å². The fraction of sp³-hybridized carbons (Fsp3) is 0.625. The van der Waals surface area contributed by atoms with Crippen molar-refractivity contribution in [2.75, 3.05) is 13.7 Å². The first-order chi connectivity index (χ1) is 9.33. The molecule has 2 rings (SSSR count). The zero-order valence-electron chi connectivity index (χ0n) is 12.0. The SMILES string of the molecule is CCCNC1CCCC(Oc2ccccc2OC)C1. The van der Waals surface area contributed by atoms with Gasteiger partial charge in [0.15, 0.2) is 11.5 Å². The predicted octanol–water partition coefficient (Wildman–Crippen LogP) is 3.38. The van der Waals surface area contributed by atoms with Crippen molar-refractivity contribution in [3.63, 3.8) is 0 Å². The van der Waals surface area contributed by atoms with E-state index in [0.29, 0.717) is 12.1 Å². The molecule has 0 aromatic heterocycles. The number of hydrogen-bond donors (Lipinski definition) is 1. The van der Waals surface area contributed by atoms with Gasteiger partial charge in [0.25, 0.3) is 0 Å². The van der Waals surface area contributed by atoms with Gasteiger partial charge in [-0.1, -0.05) is 19.1 Å². The van der Waals surface area contributed by atoms with Crippen LogP contribution in [0.4, 0.5) is 0 Å². The van der Waals surface area contributed by atoms with Crippen LogP contribution in [0, 0.1) is 0 Å². The van der Waals surface area contributed by atoms with Gasteiger partial charge < -0.3 is 14.8 Å². The van der Waals surface area contributed by atoms with E-state index in [1.165, 1.54) is 19.3 Å². The standard InChI is InChI=1S/C16H25NO2/c1-3-11-17-13-7-6-8-14(12-13)19-16-10-5-4-9-15(16)18-2/h4-5,9-10,13-14,17H,3,6-8,11-12H2,1-2H3. The lowest BCUT2D eigenvalue weighted by atomic mass is 9.92. The molecule has 1 aromatic rings. The lowest BCUT2D eigenvalue weighted by Crippen LogP contribution is -2.38. The van der Waals surface area contributed by atoms with Crippen LogP contribution >= 0.6 is 0 Å². The zero-order chi connectivity index (χ0) is 13.5. The van der Waals surface area contributed by atoms with Crippen LogP contribution in [-0.2, 0) is 0 Å². The first kappa shape index (κ1) is 14.2. The summed E-state index contributed by atoms with van der Waals surface area (Å²) in [5, 5.41) is 3.60. The first-order valence-electron chi connectivity index (χ1n) is 7.36. The third-order valence-electron chi connectivity index (χ3n) is 3.67. The van der Waals surface area contributed by atoms with E-state index in [4.69, 9.17) is 9.47 Å². The van der Waals surface area contributed by atoms with Gasteiger partial charge in [-0.15, -0.1) is 0 Å². The van der Waals surface area contributed by atoms with Gasteiger partial charge in [-0.2, -0.15) is 0 Å². The molecule has 0 radical (unpaired) electrons. The minimum Gasteiger partial charge on any atom is -0.493 e. The van der Waals surface area contributed by atoms with Crippen molar-refractivity contribution in [3.05, 3.63) is 24.3 Å². The summed E-state index contributed by atoms with van der Waals surface area (Å²) in [4.78, 5) is 0. The fourth-order valence-electron chi connectivity index (χ4n) is 2.68. The van der Waals surface area contributed by atoms with E-state index in [1.54, 1.807) is 7.11 Å². The van der Waals surface area contributed by atoms with Crippen molar-refractivity contribution in [2.45, 2.75) is 51.2 Å². The molecule has 0 saturated heterocycles. The minimum absolute atomic E-state index is 0.305. The molecule has 0 aliphatic heterocycles. The average Bonchev–Trinajstić information content (AvgIpc) is 2.46. The Morgan fingerprint density at radius 2 is 2.00 bits per heavy atom. The van der Waals surface area contributed by atoms with Crippen LogP contribution in [0.1, 0.15) is 39.0 Å². The molecule has 1 N–H and O–H groups in total. The van der Waals surface area contributed by atoms with E-state index in [1.807, 2.05) is 24.3 Å². The summed E-state index contributed by atoms with van der Waals surface area (Å²) in [6, 6.07) is 8.51. The lowest BCUT2D eigenvalue weighted by Gasteiger charge is -2.30. The van der Waals surface area contributed by atoms with E-state index in [-0.39, 0.29) is 0 Å². The molecular weight excluding hydrogens is 238 g/mol. The molecular formula is C16H25NO2. The third kappa shape index (κ3) is 4.13. The Hall–Kier alpha value is -1.22. The highest BCUT2D eigenvalue weighted by atomic mass is 16.5. The molecule has 106 valence electrons. The summed E-state index contributed by atoms with van der Waals surface area (Å²) in [6.45, 7) is 3.31. The van der Waals surface area contributed by atoms with Crippen molar-refractivity contribution in [2.24, 2.45) is 0 Å². The summed E-state index contributed by atoms with van der Waals surface area (Å²) in [5.74, 6) is 1.69. The normalized spacial score (nSPS) is 23.1. The maximum atomic E-state index is 6.12. The highest BCUT2D eigenvalue weighted by molar-refractivity contribution is 5.39. The van der Waals surface area contributed by atoms with Gasteiger partial charge in [0.05, 0.1) is 7.11 Å². The van der Waals surface area contributed by atoms with Crippen LogP contribution < -0.4 is 14.8 Å². The predicted molar refractivity (Wildman–Crippen MR) is 78.0 cm³/mol. The molecule has 1 aliphatic rings. The summed E-state index contributed by atoms with van der Waals surface area (Å²) < 4.78 is 11.5. The van der Waals surface area contributed by atoms with Crippen molar-refractivity contribution < 1.29 is 9.47 Å². The van der Waals surface area contributed by atoms with Gasteiger partial charge in [0, 0.05) is 6.04 Å². The third-order valence-corrected chi connectivity index (χ3v) is 3.67. The molecule has 1 aliphatic carbocycles. The first-order valence-corrected chi connectivity index (χ1v) is 7.36. The van der Waals surface area contributed by atoms with Crippen LogP contribution in [0.25, 0.3) is 0 Å². The highest BCUT2D eigenvalue weighted by Crippen LogP contribution is 2.30. The van der Waals surface area contributed by atoms with Crippen LogP contribution in [0.15, 0.2) is 24.3 Å². The van der Waals surface area contributed by atoms with E-state index < -0.39 is 0 Å². The molecule has 3 nitrogen and oxygen atoms in total. The van der Waals surface area contributed by atoms with Crippen LogP contribution in [0.3, 0.4) is 0 Å². The molecule has 1 aromatic carbocycles. The van der Waals surface area contributed by atoms with Gasteiger partial charge >= 0.3 is 0 Å². The Kier molecular flexibility index (Phi) is 5.52. The summed E-state index contributed by atoms with van der Waals surface area (Å²) in [7, 11) is 1.69. The molecule has 0 heterocycles. The molecule has 1 saturated carbocycles. The number of rotatable bonds is 6. The number of nitrogens with one attached hydrogen (secondary N) is 1. The molecule has 1 fully saturated rings. The topological polar surface area (TPSA) is 30.5 Å². The number of ether oxygens (including phenoxy) is 2. The fourth-order valence-corrected chi connectivity index (χ4v) is 2.68. The number of hydrogen-bond acceptors (Lipinski definition) is 3. The Labute approximate surface area is 116 Å². The Bertz CT molecular complexity index is 381. The molecule has 0 bridgehead atoms. The summed E-state index contributed by atoms with van der Waals surface area (Å²) in [5.41, 5.74) is 0. The molecule has 0 amide bonds. The van der Waals surface area contributed by atoms with E-state index in [2.05, 4.69) is 12.2 Å². The quantitative estimate of drug-likeness (QED) is 0.853. The zero-order valence-corrected chi connectivity index (χ0v) is 12.0. The molecule has 19 heavy (non-hydrogen) atoms. The van der Waals surface area contributed by atoms with Crippen LogP contribution in [0.5, 0.6) is 11.5 Å². The monoisotopic (exact) mass is 263 g/mol. The Morgan fingerprint density at radius 3 is 2.74 bits per heavy atom. The van der Waals surface area contributed by atoms with Gasteiger partial charge in [-0.3, -0.25) is 0 Å². The Morgan fingerprint density at radius 1 is 1.21 bits per heavy atom. The molecule has 2 atom stereocenters. The maximum absolute atomic E-state index is 6.12. The number of methoxy groups -OCH3 is 1. The van der Waals surface area contributed by atoms with Crippen LogP contribution in [0.2, 0.25) is 0 Å². The lowest BCUT2D eigenvalue weighted by molar-refractivity contribution is 0.130. The van der Waals surface area contributed by atoms with Crippen molar-refractivity contribution in [1.29, 1.82) is 0 Å².